The van der Waals surface area contributed by atoms with Gasteiger partial charge in [-0.05, 0) is 61.5 Å². The predicted molar refractivity (Wildman–Crippen MR) is 126 cm³/mol. The third-order valence-electron chi connectivity index (χ3n) is 6.44. The Morgan fingerprint density at radius 1 is 0.971 bits per heavy atom. The number of anilines is 1. The van der Waals surface area contributed by atoms with Crippen LogP contribution in [-0.2, 0) is 30.5 Å². The predicted octanol–water partition coefficient (Wildman–Crippen LogP) is 2.50. The Bertz CT molecular complexity index is 1030. The molecule has 8 heteroatoms. The van der Waals surface area contributed by atoms with E-state index in [2.05, 4.69) is 16.0 Å². The van der Waals surface area contributed by atoms with Crippen LogP contribution < -0.4 is 16.0 Å². The van der Waals surface area contributed by atoms with Crippen LogP contribution >= 0.6 is 0 Å². The van der Waals surface area contributed by atoms with Gasteiger partial charge in [-0.1, -0.05) is 42.5 Å². The van der Waals surface area contributed by atoms with E-state index in [9.17, 15) is 19.2 Å². The average molecular weight is 464 g/mol. The van der Waals surface area contributed by atoms with Gasteiger partial charge in [0.25, 0.3) is 0 Å². The lowest BCUT2D eigenvalue weighted by Crippen LogP contribution is -2.41. The number of benzene rings is 2. The third-order valence-corrected chi connectivity index (χ3v) is 6.44. The zero-order chi connectivity index (χ0) is 23.9. The maximum Gasteiger partial charge on any atom is 0.319 e. The smallest absolute Gasteiger partial charge is 0.319 e. The number of hydrogen-bond acceptors (Lipinski definition) is 6. The molecule has 8 nitrogen and oxygen atoms in total. The molecule has 178 valence electrons. The Balaban J connectivity index is 1.43. The number of hydrogen-bond donors (Lipinski definition) is 3. The Labute approximate surface area is 198 Å². The molecule has 2 fully saturated rings. The molecule has 2 aliphatic rings. The Morgan fingerprint density at radius 3 is 2.35 bits per heavy atom. The molecule has 0 bridgehead atoms. The van der Waals surface area contributed by atoms with Crippen LogP contribution in [0.1, 0.15) is 42.7 Å². The standard InChI is InChI=1S/C26H29N3O5/c30-22-11-10-21(24(31)29-22)18-6-8-20(9-7-18)28-25(32)23(19-12-14-27-15-13-19)26(33)34-16-17-4-2-1-3-5-17/h1-9,19,21,23,27H,10-16H2,(H,28,32)(H,29,30,31). The van der Waals surface area contributed by atoms with Crippen molar-refractivity contribution in [2.45, 2.75) is 38.2 Å². The molecule has 3 N–H and O–H groups in total. The molecule has 0 spiro atoms. The van der Waals surface area contributed by atoms with Gasteiger partial charge >= 0.3 is 5.97 Å². The highest BCUT2D eigenvalue weighted by molar-refractivity contribution is 6.05. The average Bonchev–Trinajstić information content (AvgIpc) is 2.85. The van der Waals surface area contributed by atoms with Gasteiger partial charge in [0, 0.05) is 12.1 Å². The van der Waals surface area contributed by atoms with Gasteiger partial charge in [-0.3, -0.25) is 24.5 Å². The van der Waals surface area contributed by atoms with Crippen LogP contribution in [0.5, 0.6) is 0 Å². The molecule has 0 aromatic heterocycles. The molecular formula is C26H29N3O5. The van der Waals surface area contributed by atoms with E-state index in [0.717, 1.165) is 24.2 Å². The first kappa shape index (κ1) is 23.6. The van der Waals surface area contributed by atoms with E-state index >= 15 is 0 Å². The Hall–Kier alpha value is -3.52. The molecule has 2 saturated heterocycles. The van der Waals surface area contributed by atoms with E-state index in [0.29, 0.717) is 31.4 Å². The van der Waals surface area contributed by atoms with Gasteiger partial charge in [0.15, 0.2) is 0 Å². The lowest BCUT2D eigenvalue weighted by atomic mass is 9.84. The van der Waals surface area contributed by atoms with Gasteiger partial charge < -0.3 is 15.4 Å². The number of carbonyl (C=O) groups excluding carboxylic acids is 4. The van der Waals surface area contributed by atoms with Crippen molar-refractivity contribution >= 4 is 29.4 Å². The maximum absolute atomic E-state index is 13.2. The van der Waals surface area contributed by atoms with Crippen molar-refractivity contribution in [3.63, 3.8) is 0 Å². The molecule has 4 rings (SSSR count). The molecule has 0 radical (unpaired) electrons. The van der Waals surface area contributed by atoms with E-state index < -0.39 is 23.7 Å². The van der Waals surface area contributed by atoms with Crippen molar-refractivity contribution in [3.05, 3.63) is 65.7 Å². The zero-order valence-corrected chi connectivity index (χ0v) is 18.9. The van der Waals surface area contributed by atoms with Crippen LogP contribution in [-0.4, -0.2) is 36.8 Å². The minimum atomic E-state index is -0.902. The zero-order valence-electron chi connectivity index (χ0n) is 18.9. The van der Waals surface area contributed by atoms with Gasteiger partial charge in [-0.15, -0.1) is 0 Å². The van der Waals surface area contributed by atoms with Gasteiger partial charge in [-0.25, -0.2) is 0 Å². The first-order valence-electron chi connectivity index (χ1n) is 11.7. The number of esters is 1. The summed E-state index contributed by atoms with van der Waals surface area (Å²) in [4.78, 5) is 49.7. The van der Waals surface area contributed by atoms with Gasteiger partial charge in [0.05, 0.1) is 5.92 Å². The minimum Gasteiger partial charge on any atom is -0.460 e. The number of nitrogens with one attached hydrogen (secondary N) is 3. The quantitative estimate of drug-likeness (QED) is 0.330. The van der Waals surface area contributed by atoms with E-state index in [1.807, 2.05) is 30.3 Å². The number of amides is 3. The normalized spacial score (nSPS) is 19.7. The monoisotopic (exact) mass is 463 g/mol. The van der Waals surface area contributed by atoms with Crippen LogP contribution in [0.25, 0.3) is 0 Å². The van der Waals surface area contributed by atoms with Gasteiger partial charge in [-0.2, -0.15) is 0 Å². The molecule has 34 heavy (non-hydrogen) atoms. The van der Waals surface area contributed by atoms with E-state index in [-0.39, 0.29) is 24.3 Å². The highest BCUT2D eigenvalue weighted by Crippen LogP contribution is 2.28. The summed E-state index contributed by atoms with van der Waals surface area (Å²) < 4.78 is 5.53. The minimum absolute atomic E-state index is 0.104. The highest BCUT2D eigenvalue weighted by Gasteiger charge is 2.37. The molecule has 0 aliphatic carbocycles. The molecule has 2 aliphatic heterocycles. The summed E-state index contributed by atoms with van der Waals surface area (Å²) in [6.45, 7) is 1.62. The Morgan fingerprint density at radius 2 is 1.68 bits per heavy atom. The Kier molecular flexibility index (Phi) is 7.69. The fourth-order valence-corrected chi connectivity index (χ4v) is 4.54. The molecule has 2 aromatic carbocycles. The molecule has 2 atom stereocenters. The van der Waals surface area contributed by atoms with Crippen LogP contribution in [0.2, 0.25) is 0 Å². The first-order chi connectivity index (χ1) is 16.5. The van der Waals surface area contributed by atoms with Gasteiger partial charge in [0.2, 0.25) is 17.7 Å². The first-order valence-corrected chi connectivity index (χ1v) is 11.7. The summed E-state index contributed by atoms with van der Waals surface area (Å²) in [6.07, 6.45) is 2.19. The number of imide groups is 1. The molecule has 3 amide bonds. The fourth-order valence-electron chi connectivity index (χ4n) is 4.54. The van der Waals surface area contributed by atoms with Crippen molar-refractivity contribution in [2.75, 3.05) is 18.4 Å². The summed E-state index contributed by atoms with van der Waals surface area (Å²) in [5, 5.41) is 8.47. The molecule has 2 unspecified atom stereocenters. The topological polar surface area (TPSA) is 114 Å². The lowest BCUT2D eigenvalue weighted by Gasteiger charge is -2.28. The molecule has 2 aromatic rings. The van der Waals surface area contributed by atoms with Crippen LogP contribution in [0.15, 0.2) is 54.6 Å². The van der Waals surface area contributed by atoms with Crippen LogP contribution in [0.3, 0.4) is 0 Å². The lowest BCUT2D eigenvalue weighted by molar-refractivity contribution is -0.155. The summed E-state index contributed by atoms with van der Waals surface area (Å²) >= 11 is 0. The maximum atomic E-state index is 13.2. The molecular weight excluding hydrogens is 434 g/mol. The SMILES string of the molecule is O=C1CCC(c2ccc(NC(=O)C(C(=O)OCc3ccccc3)C3CCNCC3)cc2)C(=O)N1. The van der Waals surface area contributed by atoms with Crippen molar-refractivity contribution in [1.82, 2.24) is 10.6 Å². The van der Waals surface area contributed by atoms with E-state index in [4.69, 9.17) is 4.74 Å². The number of piperidine rings is 2. The van der Waals surface area contributed by atoms with E-state index in [1.165, 1.54) is 0 Å². The fraction of sp³-hybridized carbons (Fsp3) is 0.385. The molecule has 0 saturated carbocycles. The van der Waals surface area contributed by atoms with Crippen molar-refractivity contribution in [2.24, 2.45) is 11.8 Å². The van der Waals surface area contributed by atoms with Crippen LogP contribution in [0.4, 0.5) is 5.69 Å². The third kappa shape index (κ3) is 5.88. The summed E-state index contributed by atoms with van der Waals surface area (Å²) in [6, 6.07) is 16.3. The number of ether oxygens (including phenoxy) is 1. The second-order valence-electron chi connectivity index (χ2n) is 8.77. The molecule has 2 heterocycles. The highest BCUT2D eigenvalue weighted by atomic mass is 16.5. The summed E-state index contributed by atoms with van der Waals surface area (Å²) in [5.74, 6) is -2.87. The van der Waals surface area contributed by atoms with Gasteiger partial charge in [0.1, 0.15) is 12.5 Å². The summed E-state index contributed by atoms with van der Waals surface area (Å²) in [7, 11) is 0. The van der Waals surface area contributed by atoms with Crippen molar-refractivity contribution in [1.29, 1.82) is 0 Å². The van der Waals surface area contributed by atoms with Crippen LogP contribution in [0, 0.1) is 11.8 Å². The summed E-state index contributed by atoms with van der Waals surface area (Å²) in [5.41, 5.74) is 2.18. The van der Waals surface area contributed by atoms with Crippen molar-refractivity contribution in [3.8, 4) is 0 Å². The van der Waals surface area contributed by atoms with E-state index in [1.54, 1.807) is 24.3 Å². The number of carbonyl (C=O) groups is 4. The second-order valence-corrected chi connectivity index (χ2v) is 8.77. The largest absolute Gasteiger partial charge is 0.460 e. The van der Waals surface area contributed by atoms with Crippen molar-refractivity contribution < 1.29 is 23.9 Å². The number of rotatable bonds is 7. The second kappa shape index (κ2) is 11.1.